The van der Waals surface area contributed by atoms with Gasteiger partial charge in [-0.25, -0.2) is 9.18 Å². The molecule has 0 aliphatic heterocycles. The van der Waals surface area contributed by atoms with Crippen LogP contribution in [0.25, 0.3) is 11.3 Å². The number of halogens is 1. The minimum atomic E-state index is -0.248. The van der Waals surface area contributed by atoms with Gasteiger partial charge in [-0.05, 0) is 68.7 Å². The summed E-state index contributed by atoms with van der Waals surface area (Å²) >= 11 is 0. The molecule has 3 rings (SSSR count). The largest absolute Gasteiger partial charge is 0.328 e. The highest BCUT2D eigenvalue weighted by atomic mass is 19.1. The number of carbonyl (C=O) groups excluding carboxylic acids is 1. The number of nitrogens with one attached hydrogen (secondary N) is 2. The summed E-state index contributed by atoms with van der Waals surface area (Å²) in [6.07, 6.45) is 3.87. The lowest BCUT2D eigenvalue weighted by Gasteiger charge is -2.18. The number of H-pyrrole nitrogens is 1. The number of hydrogen-bond acceptors (Lipinski definition) is 2. The molecule has 0 saturated heterocycles. The molecule has 6 heteroatoms. The number of urea groups is 1. The number of unbranched alkanes of at least 4 members (excludes halogenated alkanes) is 2. The van der Waals surface area contributed by atoms with Crippen molar-refractivity contribution in [2.75, 3.05) is 18.9 Å². The average Bonchev–Trinajstić information content (AvgIpc) is 3.18. The Kier molecular flexibility index (Phi) is 7.00. The van der Waals surface area contributed by atoms with E-state index in [1.807, 2.05) is 44.3 Å². The van der Waals surface area contributed by atoms with E-state index in [0.29, 0.717) is 6.54 Å². The van der Waals surface area contributed by atoms with Crippen LogP contribution in [0, 0.1) is 12.7 Å². The van der Waals surface area contributed by atoms with Crippen molar-refractivity contribution in [1.29, 1.82) is 0 Å². The molecule has 2 N–H and O–H groups in total. The fraction of sp³-hybridized carbons (Fsp3) is 0.304. The van der Waals surface area contributed by atoms with Crippen molar-refractivity contribution >= 4 is 11.7 Å². The van der Waals surface area contributed by atoms with Gasteiger partial charge in [-0.2, -0.15) is 5.10 Å². The first-order valence-electron chi connectivity index (χ1n) is 9.90. The van der Waals surface area contributed by atoms with E-state index in [-0.39, 0.29) is 11.8 Å². The van der Waals surface area contributed by atoms with E-state index in [2.05, 4.69) is 15.5 Å². The second kappa shape index (κ2) is 9.87. The summed E-state index contributed by atoms with van der Waals surface area (Å²) in [6, 6.07) is 16.0. The number of anilines is 1. The number of aromatic nitrogens is 2. The van der Waals surface area contributed by atoms with E-state index in [4.69, 9.17) is 0 Å². The quantitative estimate of drug-likeness (QED) is 0.503. The number of aromatic amines is 1. The Morgan fingerprint density at radius 3 is 2.52 bits per heavy atom. The SMILES string of the molecule is Cc1ccc(NC(=O)N(C)CCCCCc2cc(-c3ccc(F)cc3)n[nH]2)cc1. The van der Waals surface area contributed by atoms with Gasteiger partial charge in [0.05, 0.1) is 5.69 Å². The fourth-order valence-corrected chi connectivity index (χ4v) is 3.06. The van der Waals surface area contributed by atoms with Crippen LogP contribution in [-0.4, -0.2) is 34.7 Å². The second-order valence-electron chi connectivity index (χ2n) is 7.31. The third kappa shape index (κ3) is 6.17. The average molecular weight is 394 g/mol. The summed E-state index contributed by atoms with van der Waals surface area (Å²) in [5, 5.41) is 10.3. The van der Waals surface area contributed by atoms with Crippen LogP contribution in [0.5, 0.6) is 0 Å². The van der Waals surface area contributed by atoms with Crippen molar-refractivity contribution in [1.82, 2.24) is 15.1 Å². The van der Waals surface area contributed by atoms with E-state index >= 15 is 0 Å². The number of rotatable bonds is 8. The van der Waals surface area contributed by atoms with Crippen molar-refractivity contribution in [2.45, 2.75) is 32.6 Å². The number of carbonyl (C=O) groups is 1. The third-order valence-corrected chi connectivity index (χ3v) is 4.86. The summed E-state index contributed by atoms with van der Waals surface area (Å²) in [7, 11) is 1.81. The van der Waals surface area contributed by atoms with E-state index in [1.54, 1.807) is 17.0 Å². The maximum Gasteiger partial charge on any atom is 0.321 e. The Bertz CT molecular complexity index is 919. The zero-order chi connectivity index (χ0) is 20.6. The number of amides is 2. The van der Waals surface area contributed by atoms with Crippen LogP contribution >= 0.6 is 0 Å². The normalized spacial score (nSPS) is 10.7. The van der Waals surface area contributed by atoms with Crippen LogP contribution in [0.4, 0.5) is 14.9 Å². The van der Waals surface area contributed by atoms with Gasteiger partial charge in [-0.1, -0.05) is 24.1 Å². The van der Waals surface area contributed by atoms with Gasteiger partial charge < -0.3 is 10.2 Å². The maximum absolute atomic E-state index is 13.0. The number of hydrogen-bond donors (Lipinski definition) is 2. The molecule has 0 unspecified atom stereocenters. The molecular weight excluding hydrogens is 367 g/mol. The van der Waals surface area contributed by atoms with Crippen LogP contribution in [0.2, 0.25) is 0 Å². The van der Waals surface area contributed by atoms with Crippen molar-refractivity contribution in [3.8, 4) is 11.3 Å². The summed E-state index contributed by atoms with van der Waals surface area (Å²) in [6.45, 7) is 2.73. The van der Waals surface area contributed by atoms with Gasteiger partial charge in [-0.15, -0.1) is 0 Å². The summed E-state index contributed by atoms with van der Waals surface area (Å²) in [4.78, 5) is 13.9. The zero-order valence-electron chi connectivity index (χ0n) is 16.9. The minimum Gasteiger partial charge on any atom is -0.328 e. The Labute approximate surface area is 170 Å². The first kappa shape index (κ1) is 20.6. The van der Waals surface area contributed by atoms with Crippen LogP contribution in [-0.2, 0) is 6.42 Å². The monoisotopic (exact) mass is 394 g/mol. The van der Waals surface area contributed by atoms with E-state index in [0.717, 1.165) is 48.3 Å². The van der Waals surface area contributed by atoms with Crippen LogP contribution in [0.15, 0.2) is 54.6 Å². The number of nitrogens with zero attached hydrogens (tertiary/aromatic N) is 2. The predicted octanol–water partition coefficient (Wildman–Crippen LogP) is 5.40. The molecule has 152 valence electrons. The molecule has 0 aliphatic carbocycles. The molecule has 2 aromatic carbocycles. The molecule has 0 fully saturated rings. The Morgan fingerprint density at radius 2 is 1.79 bits per heavy atom. The molecule has 0 spiro atoms. The number of aryl methyl sites for hydroxylation is 2. The van der Waals surface area contributed by atoms with Gasteiger partial charge in [0, 0.05) is 30.5 Å². The summed E-state index contributed by atoms with van der Waals surface area (Å²) < 4.78 is 13.0. The highest BCUT2D eigenvalue weighted by Gasteiger charge is 2.09. The first-order valence-corrected chi connectivity index (χ1v) is 9.90. The van der Waals surface area contributed by atoms with Gasteiger partial charge >= 0.3 is 6.03 Å². The molecule has 3 aromatic rings. The Morgan fingerprint density at radius 1 is 1.07 bits per heavy atom. The lowest BCUT2D eigenvalue weighted by atomic mass is 10.1. The molecule has 0 bridgehead atoms. The second-order valence-corrected chi connectivity index (χ2v) is 7.31. The molecule has 1 heterocycles. The smallest absolute Gasteiger partial charge is 0.321 e. The molecule has 0 radical (unpaired) electrons. The molecule has 0 atom stereocenters. The molecular formula is C23H27FN4O. The van der Waals surface area contributed by atoms with E-state index in [1.165, 1.54) is 17.7 Å². The maximum atomic E-state index is 13.0. The fourth-order valence-electron chi connectivity index (χ4n) is 3.06. The van der Waals surface area contributed by atoms with Gasteiger partial charge in [-0.3, -0.25) is 5.10 Å². The summed E-state index contributed by atoms with van der Waals surface area (Å²) in [5.74, 6) is -0.248. The van der Waals surface area contributed by atoms with Crippen LogP contribution in [0.3, 0.4) is 0 Å². The predicted molar refractivity (Wildman–Crippen MR) is 114 cm³/mol. The topological polar surface area (TPSA) is 61.0 Å². The molecule has 29 heavy (non-hydrogen) atoms. The minimum absolute atomic E-state index is 0.0913. The summed E-state index contributed by atoms with van der Waals surface area (Å²) in [5.41, 5.74) is 4.76. The van der Waals surface area contributed by atoms with Crippen molar-refractivity contribution in [2.24, 2.45) is 0 Å². The standard InChI is InChI=1S/C23H27FN4O/c1-17-7-13-20(14-8-17)25-23(29)28(2)15-5-3-4-6-21-16-22(27-26-21)18-9-11-19(24)12-10-18/h7-14,16H,3-6,15H2,1-2H3,(H,25,29)(H,26,27). The van der Waals surface area contributed by atoms with Gasteiger partial charge in [0.1, 0.15) is 5.82 Å². The van der Waals surface area contributed by atoms with Gasteiger partial charge in [0.2, 0.25) is 0 Å². The molecule has 1 aromatic heterocycles. The van der Waals surface area contributed by atoms with E-state index in [9.17, 15) is 9.18 Å². The highest BCUT2D eigenvalue weighted by Crippen LogP contribution is 2.19. The molecule has 0 saturated carbocycles. The van der Waals surface area contributed by atoms with Crippen LogP contribution in [0.1, 0.15) is 30.5 Å². The molecule has 0 aliphatic rings. The van der Waals surface area contributed by atoms with Crippen molar-refractivity contribution in [3.63, 3.8) is 0 Å². The molecule has 5 nitrogen and oxygen atoms in total. The third-order valence-electron chi connectivity index (χ3n) is 4.86. The Balaban J connectivity index is 1.35. The van der Waals surface area contributed by atoms with Crippen LogP contribution < -0.4 is 5.32 Å². The Hall–Kier alpha value is -3.15. The number of benzene rings is 2. The highest BCUT2D eigenvalue weighted by molar-refractivity contribution is 5.89. The van der Waals surface area contributed by atoms with Crippen molar-refractivity contribution < 1.29 is 9.18 Å². The van der Waals surface area contributed by atoms with Gasteiger partial charge in [0.25, 0.3) is 0 Å². The zero-order valence-corrected chi connectivity index (χ0v) is 16.9. The van der Waals surface area contributed by atoms with Crippen molar-refractivity contribution in [3.05, 3.63) is 71.7 Å². The lowest BCUT2D eigenvalue weighted by molar-refractivity contribution is 0.221. The first-order chi connectivity index (χ1) is 14.0. The van der Waals surface area contributed by atoms with E-state index < -0.39 is 0 Å². The molecule has 2 amide bonds. The lowest BCUT2D eigenvalue weighted by Crippen LogP contribution is -2.32. The van der Waals surface area contributed by atoms with Gasteiger partial charge in [0.15, 0.2) is 0 Å².